The zero-order valence-corrected chi connectivity index (χ0v) is 15.0. The van der Waals surface area contributed by atoms with Crippen LogP contribution in [0, 0.1) is 5.92 Å². The van der Waals surface area contributed by atoms with Gasteiger partial charge in [0.05, 0.1) is 5.69 Å². The fourth-order valence-corrected chi connectivity index (χ4v) is 4.65. The minimum Gasteiger partial charge on any atom is -0.311 e. The summed E-state index contributed by atoms with van der Waals surface area (Å²) >= 11 is 0. The van der Waals surface area contributed by atoms with Crippen molar-refractivity contribution in [2.24, 2.45) is 5.92 Å². The molecule has 2 aliphatic rings. The predicted octanol–water partition coefficient (Wildman–Crippen LogP) is 2.32. The van der Waals surface area contributed by atoms with Crippen molar-refractivity contribution >= 4 is 0 Å². The topological polar surface area (TPSA) is 63.9 Å². The van der Waals surface area contributed by atoms with Crippen LogP contribution in [0.5, 0.6) is 0 Å². The van der Waals surface area contributed by atoms with Crippen LogP contribution in [0.1, 0.15) is 23.7 Å². The van der Waals surface area contributed by atoms with E-state index in [1.807, 2.05) is 41.4 Å². The van der Waals surface area contributed by atoms with Gasteiger partial charge in [0, 0.05) is 73.6 Å². The SMILES string of the molecule is O=c1ccc(-c2cncnc2)c2n1CC1CC2CN(Cc2ccccn2)C1. The van der Waals surface area contributed by atoms with Gasteiger partial charge in [-0.2, -0.15) is 0 Å². The Balaban J connectivity index is 1.52. The van der Waals surface area contributed by atoms with Crippen molar-refractivity contribution in [1.82, 2.24) is 24.4 Å². The molecule has 136 valence electrons. The number of nitrogens with zero attached hydrogens (tertiary/aromatic N) is 5. The number of piperidine rings is 1. The van der Waals surface area contributed by atoms with E-state index in [2.05, 4.69) is 25.9 Å². The van der Waals surface area contributed by atoms with Gasteiger partial charge in [0.15, 0.2) is 0 Å². The second-order valence-electron chi connectivity index (χ2n) is 7.52. The second-order valence-corrected chi connectivity index (χ2v) is 7.52. The Bertz CT molecular complexity index is 1000. The van der Waals surface area contributed by atoms with E-state index in [1.165, 1.54) is 6.33 Å². The minimum atomic E-state index is 0.0958. The van der Waals surface area contributed by atoms with Crippen molar-refractivity contribution in [2.45, 2.75) is 25.4 Å². The highest BCUT2D eigenvalue weighted by Crippen LogP contribution is 2.39. The van der Waals surface area contributed by atoms with E-state index in [1.54, 1.807) is 6.07 Å². The molecule has 0 saturated carbocycles. The van der Waals surface area contributed by atoms with E-state index in [0.29, 0.717) is 11.8 Å². The van der Waals surface area contributed by atoms with E-state index >= 15 is 0 Å². The summed E-state index contributed by atoms with van der Waals surface area (Å²) in [4.78, 5) is 27.8. The first-order chi connectivity index (χ1) is 13.3. The summed E-state index contributed by atoms with van der Waals surface area (Å²) in [6.07, 6.45) is 8.17. The lowest BCUT2D eigenvalue weighted by atomic mass is 9.80. The fraction of sp³-hybridized carbons (Fsp3) is 0.333. The first-order valence-corrected chi connectivity index (χ1v) is 9.39. The summed E-state index contributed by atoms with van der Waals surface area (Å²) in [6.45, 7) is 3.59. The molecule has 6 nitrogen and oxygen atoms in total. The molecular formula is C21H21N5O. The number of rotatable bonds is 3. The molecule has 3 aromatic rings. The molecule has 0 N–H and O–H groups in total. The lowest BCUT2D eigenvalue weighted by Crippen LogP contribution is -2.47. The van der Waals surface area contributed by atoms with Crippen molar-refractivity contribution in [2.75, 3.05) is 13.1 Å². The number of fused-ring (bicyclic) bond motifs is 4. The quantitative estimate of drug-likeness (QED) is 0.718. The van der Waals surface area contributed by atoms with Crippen LogP contribution in [-0.2, 0) is 13.1 Å². The Morgan fingerprint density at radius 2 is 1.93 bits per heavy atom. The number of hydrogen-bond acceptors (Lipinski definition) is 5. The monoisotopic (exact) mass is 359 g/mol. The molecule has 0 aromatic carbocycles. The van der Waals surface area contributed by atoms with Crippen LogP contribution in [0.15, 0.2) is 60.0 Å². The van der Waals surface area contributed by atoms with E-state index < -0.39 is 0 Å². The van der Waals surface area contributed by atoms with Gasteiger partial charge in [-0.05, 0) is 30.5 Å². The highest BCUT2D eigenvalue weighted by Gasteiger charge is 2.36. The minimum absolute atomic E-state index is 0.0958. The van der Waals surface area contributed by atoms with E-state index in [9.17, 15) is 4.79 Å². The smallest absolute Gasteiger partial charge is 0.250 e. The molecular weight excluding hydrogens is 338 g/mol. The third-order valence-corrected chi connectivity index (χ3v) is 5.65. The van der Waals surface area contributed by atoms with Gasteiger partial charge < -0.3 is 4.57 Å². The molecule has 0 spiro atoms. The molecule has 1 saturated heterocycles. The van der Waals surface area contributed by atoms with Gasteiger partial charge in [-0.3, -0.25) is 14.7 Å². The summed E-state index contributed by atoms with van der Waals surface area (Å²) in [5, 5.41) is 0. The number of pyridine rings is 2. The average Bonchev–Trinajstić information content (AvgIpc) is 2.70. The fourth-order valence-electron chi connectivity index (χ4n) is 4.65. The third-order valence-electron chi connectivity index (χ3n) is 5.65. The Hall–Kier alpha value is -2.86. The molecule has 27 heavy (non-hydrogen) atoms. The molecule has 3 aromatic heterocycles. The first kappa shape index (κ1) is 16.3. The Morgan fingerprint density at radius 1 is 1.04 bits per heavy atom. The maximum atomic E-state index is 12.6. The normalized spacial score (nSPS) is 21.6. The summed E-state index contributed by atoms with van der Waals surface area (Å²) in [5.74, 6) is 0.838. The lowest BCUT2D eigenvalue weighted by Gasteiger charge is -2.43. The molecule has 5 heterocycles. The van der Waals surface area contributed by atoms with Crippen LogP contribution >= 0.6 is 0 Å². The van der Waals surface area contributed by atoms with Crippen LogP contribution in [0.4, 0.5) is 0 Å². The van der Waals surface area contributed by atoms with Gasteiger partial charge in [-0.25, -0.2) is 9.97 Å². The Morgan fingerprint density at radius 3 is 2.74 bits per heavy atom. The van der Waals surface area contributed by atoms with Gasteiger partial charge in [-0.15, -0.1) is 0 Å². The van der Waals surface area contributed by atoms with Crippen LogP contribution in [0.3, 0.4) is 0 Å². The maximum absolute atomic E-state index is 12.6. The van der Waals surface area contributed by atoms with Crippen LogP contribution in [0.2, 0.25) is 0 Å². The summed E-state index contributed by atoms with van der Waals surface area (Å²) in [6, 6.07) is 9.68. The predicted molar refractivity (Wildman–Crippen MR) is 102 cm³/mol. The number of likely N-dealkylation sites (tertiary alicyclic amines) is 1. The van der Waals surface area contributed by atoms with Crippen molar-refractivity contribution < 1.29 is 0 Å². The van der Waals surface area contributed by atoms with Crippen LogP contribution in [0.25, 0.3) is 11.1 Å². The third kappa shape index (κ3) is 3.06. The maximum Gasteiger partial charge on any atom is 0.250 e. The molecule has 2 bridgehead atoms. The standard InChI is InChI=1S/C21H21N5O/c27-20-5-4-19(17-8-22-14-23-9-17)21-16-7-15(11-26(20)21)10-25(12-16)13-18-3-1-2-6-24-18/h1-6,8-9,14-16H,7,10-13H2. The zero-order chi connectivity index (χ0) is 18.2. The summed E-state index contributed by atoms with van der Waals surface area (Å²) in [7, 11) is 0. The molecule has 1 fully saturated rings. The molecule has 0 amide bonds. The first-order valence-electron chi connectivity index (χ1n) is 9.39. The van der Waals surface area contributed by atoms with Crippen molar-refractivity contribution in [1.29, 1.82) is 0 Å². The van der Waals surface area contributed by atoms with Gasteiger partial charge in [0.25, 0.3) is 5.56 Å². The van der Waals surface area contributed by atoms with Gasteiger partial charge in [-0.1, -0.05) is 6.07 Å². The van der Waals surface area contributed by atoms with Crippen molar-refractivity contribution in [3.8, 4) is 11.1 Å². The zero-order valence-electron chi connectivity index (χ0n) is 15.0. The van der Waals surface area contributed by atoms with Gasteiger partial charge >= 0.3 is 0 Å². The van der Waals surface area contributed by atoms with Gasteiger partial charge in [0.2, 0.25) is 0 Å². The lowest BCUT2D eigenvalue weighted by molar-refractivity contribution is 0.113. The highest BCUT2D eigenvalue weighted by molar-refractivity contribution is 5.65. The average molecular weight is 359 g/mol. The van der Waals surface area contributed by atoms with E-state index in [-0.39, 0.29) is 5.56 Å². The summed E-state index contributed by atoms with van der Waals surface area (Å²) < 4.78 is 1.99. The molecule has 0 radical (unpaired) electrons. The van der Waals surface area contributed by atoms with E-state index in [0.717, 1.165) is 55.1 Å². The van der Waals surface area contributed by atoms with Crippen molar-refractivity contribution in [3.63, 3.8) is 0 Å². The molecule has 5 rings (SSSR count). The molecule has 2 aliphatic heterocycles. The summed E-state index contributed by atoms with van der Waals surface area (Å²) in [5.41, 5.74) is 4.39. The van der Waals surface area contributed by atoms with Crippen LogP contribution in [-0.4, -0.2) is 37.5 Å². The highest BCUT2D eigenvalue weighted by atomic mass is 16.1. The van der Waals surface area contributed by atoms with Crippen LogP contribution < -0.4 is 5.56 Å². The van der Waals surface area contributed by atoms with Crippen molar-refractivity contribution in [3.05, 3.63) is 77.0 Å². The number of hydrogen-bond donors (Lipinski definition) is 0. The molecule has 0 aliphatic carbocycles. The number of aromatic nitrogens is 4. The van der Waals surface area contributed by atoms with E-state index in [4.69, 9.17) is 0 Å². The largest absolute Gasteiger partial charge is 0.311 e. The molecule has 2 unspecified atom stereocenters. The Labute approximate surface area is 157 Å². The molecule has 2 atom stereocenters. The van der Waals surface area contributed by atoms with Gasteiger partial charge in [0.1, 0.15) is 6.33 Å². The molecule has 6 heteroatoms. The second kappa shape index (κ2) is 6.70. The Kier molecular flexibility index (Phi) is 4.05.